The zero-order valence-electron chi connectivity index (χ0n) is 15.6. The van der Waals surface area contributed by atoms with Crippen LogP contribution in [0.1, 0.15) is 38.2 Å². The van der Waals surface area contributed by atoms with Gasteiger partial charge in [0.25, 0.3) is 0 Å². The molecule has 0 aromatic heterocycles. The van der Waals surface area contributed by atoms with Crippen LogP contribution < -0.4 is 5.32 Å². The standard InChI is InChI=1S/C21H29N3O2/c1-15(25)22-11-20-18-10-17(19-8-5-9-21(26)24(19)20)13-23(14-18)12-16-6-3-2-4-7-16/h2-4,6-7,17-20H,5,8-14H2,1H3,(H,22,25)/t17-,18+,19+,20+/m1/s1. The number of hydrogen-bond acceptors (Lipinski definition) is 3. The van der Waals surface area contributed by atoms with Crippen molar-refractivity contribution in [3.05, 3.63) is 35.9 Å². The highest BCUT2D eigenvalue weighted by atomic mass is 16.2. The van der Waals surface area contributed by atoms with Crippen LogP contribution in [0.3, 0.4) is 0 Å². The van der Waals surface area contributed by atoms with Gasteiger partial charge in [0.2, 0.25) is 11.8 Å². The van der Waals surface area contributed by atoms with E-state index in [1.54, 1.807) is 6.92 Å². The van der Waals surface area contributed by atoms with Crippen molar-refractivity contribution in [2.45, 2.75) is 51.2 Å². The zero-order chi connectivity index (χ0) is 18.1. The lowest BCUT2D eigenvalue weighted by atomic mass is 9.72. The van der Waals surface area contributed by atoms with Crippen molar-refractivity contribution < 1.29 is 9.59 Å². The van der Waals surface area contributed by atoms with Gasteiger partial charge in [0.1, 0.15) is 0 Å². The summed E-state index contributed by atoms with van der Waals surface area (Å²) in [7, 11) is 0. The minimum Gasteiger partial charge on any atom is -0.354 e. The molecule has 0 radical (unpaired) electrons. The van der Waals surface area contributed by atoms with Crippen LogP contribution in [-0.4, -0.2) is 53.3 Å². The molecule has 5 nitrogen and oxygen atoms in total. The summed E-state index contributed by atoms with van der Waals surface area (Å²) in [6.07, 6.45) is 3.97. The molecule has 4 rings (SSSR count). The Balaban J connectivity index is 1.54. The van der Waals surface area contributed by atoms with Gasteiger partial charge < -0.3 is 10.2 Å². The molecule has 3 heterocycles. The average molecular weight is 355 g/mol. The quantitative estimate of drug-likeness (QED) is 0.899. The van der Waals surface area contributed by atoms with Crippen LogP contribution in [0.15, 0.2) is 30.3 Å². The summed E-state index contributed by atoms with van der Waals surface area (Å²) in [4.78, 5) is 28.9. The number of likely N-dealkylation sites (tertiary alicyclic amines) is 1. The number of carbonyl (C=O) groups is 2. The predicted octanol–water partition coefficient (Wildman–Crippen LogP) is 2.02. The van der Waals surface area contributed by atoms with Crippen molar-refractivity contribution in [2.75, 3.05) is 19.6 Å². The Morgan fingerprint density at radius 1 is 1.19 bits per heavy atom. The molecule has 2 bridgehead atoms. The maximum atomic E-state index is 12.7. The van der Waals surface area contributed by atoms with Gasteiger partial charge in [-0.2, -0.15) is 0 Å². The number of nitrogens with one attached hydrogen (secondary N) is 1. The molecule has 1 aromatic rings. The van der Waals surface area contributed by atoms with E-state index in [4.69, 9.17) is 0 Å². The highest BCUT2D eigenvalue weighted by molar-refractivity contribution is 5.78. The van der Waals surface area contributed by atoms with E-state index in [-0.39, 0.29) is 11.9 Å². The number of amides is 2. The van der Waals surface area contributed by atoms with Gasteiger partial charge in [-0.05, 0) is 36.7 Å². The second kappa shape index (κ2) is 7.39. The Bertz CT molecular complexity index is 662. The molecule has 2 amide bonds. The number of fused-ring (bicyclic) bond motifs is 4. The Labute approximate surface area is 155 Å². The summed E-state index contributed by atoms with van der Waals surface area (Å²) in [5.74, 6) is 1.30. The number of piperidine rings is 3. The third-order valence-corrected chi connectivity index (χ3v) is 6.38. The normalized spacial score (nSPS) is 31.4. The third kappa shape index (κ3) is 3.50. The number of nitrogens with zero attached hydrogens (tertiary/aromatic N) is 2. The molecule has 3 aliphatic rings. The molecule has 140 valence electrons. The molecule has 26 heavy (non-hydrogen) atoms. The molecule has 1 aromatic carbocycles. The minimum atomic E-state index is -0.00918. The molecular weight excluding hydrogens is 326 g/mol. The largest absolute Gasteiger partial charge is 0.354 e. The van der Waals surface area contributed by atoms with Gasteiger partial charge >= 0.3 is 0 Å². The van der Waals surface area contributed by atoms with Crippen LogP contribution in [0, 0.1) is 11.8 Å². The fraction of sp³-hybridized carbons (Fsp3) is 0.619. The number of carbonyl (C=O) groups excluding carboxylic acids is 2. The van der Waals surface area contributed by atoms with Crippen LogP contribution in [0.25, 0.3) is 0 Å². The SMILES string of the molecule is CC(=O)NC[C@H]1[C@H]2C[C@H](CN(Cc3ccccc3)C2)[C@@H]2CCCC(=O)N21. The first kappa shape index (κ1) is 17.5. The molecule has 0 aliphatic carbocycles. The van der Waals surface area contributed by atoms with E-state index in [0.717, 1.165) is 32.5 Å². The highest BCUT2D eigenvalue weighted by Gasteiger charge is 2.49. The van der Waals surface area contributed by atoms with Gasteiger partial charge in [0.15, 0.2) is 0 Å². The first-order valence-electron chi connectivity index (χ1n) is 9.93. The fourth-order valence-electron chi connectivity index (χ4n) is 5.35. The van der Waals surface area contributed by atoms with E-state index < -0.39 is 0 Å². The van der Waals surface area contributed by atoms with E-state index in [2.05, 4.69) is 45.4 Å². The van der Waals surface area contributed by atoms with E-state index >= 15 is 0 Å². The summed E-state index contributed by atoms with van der Waals surface area (Å²) in [5.41, 5.74) is 1.35. The summed E-state index contributed by atoms with van der Waals surface area (Å²) in [6.45, 7) is 5.21. The average Bonchev–Trinajstić information content (AvgIpc) is 2.63. The third-order valence-electron chi connectivity index (χ3n) is 6.38. The molecule has 3 saturated heterocycles. The van der Waals surface area contributed by atoms with Gasteiger partial charge in [0.05, 0.1) is 6.04 Å². The number of rotatable bonds is 4. The first-order chi connectivity index (χ1) is 12.6. The van der Waals surface area contributed by atoms with Gasteiger partial charge in [-0.1, -0.05) is 30.3 Å². The molecule has 1 N–H and O–H groups in total. The zero-order valence-corrected chi connectivity index (χ0v) is 15.6. The van der Waals surface area contributed by atoms with Gasteiger partial charge in [-0.15, -0.1) is 0 Å². The number of benzene rings is 1. The minimum absolute atomic E-state index is 0.00918. The van der Waals surface area contributed by atoms with Crippen molar-refractivity contribution in [3.63, 3.8) is 0 Å². The van der Waals surface area contributed by atoms with Crippen LogP contribution >= 0.6 is 0 Å². The molecule has 0 unspecified atom stereocenters. The predicted molar refractivity (Wildman–Crippen MR) is 100 cm³/mol. The van der Waals surface area contributed by atoms with E-state index in [0.29, 0.717) is 36.8 Å². The Hall–Kier alpha value is -1.88. The van der Waals surface area contributed by atoms with Crippen molar-refractivity contribution in [1.29, 1.82) is 0 Å². The van der Waals surface area contributed by atoms with Crippen LogP contribution in [-0.2, 0) is 16.1 Å². The fourth-order valence-corrected chi connectivity index (χ4v) is 5.35. The highest BCUT2D eigenvalue weighted by Crippen LogP contribution is 2.41. The monoisotopic (exact) mass is 355 g/mol. The van der Waals surface area contributed by atoms with Crippen LogP contribution in [0.5, 0.6) is 0 Å². The van der Waals surface area contributed by atoms with E-state index in [1.807, 2.05) is 0 Å². The van der Waals surface area contributed by atoms with Crippen molar-refractivity contribution >= 4 is 11.8 Å². The second-order valence-corrected chi connectivity index (χ2v) is 8.20. The Morgan fingerprint density at radius 2 is 1.96 bits per heavy atom. The van der Waals surface area contributed by atoms with E-state index in [1.165, 1.54) is 12.0 Å². The molecule has 4 atom stereocenters. The molecular formula is C21H29N3O2. The topological polar surface area (TPSA) is 52.7 Å². The first-order valence-corrected chi connectivity index (χ1v) is 9.93. The maximum absolute atomic E-state index is 12.7. The van der Waals surface area contributed by atoms with Gasteiger partial charge in [0, 0.05) is 45.6 Å². The van der Waals surface area contributed by atoms with Crippen molar-refractivity contribution in [2.24, 2.45) is 11.8 Å². The van der Waals surface area contributed by atoms with Crippen molar-refractivity contribution in [3.8, 4) is 0 Å². The summed E-state index contributed by atoms with van der Waals surface area (Å²) < 4.78 is 0. The lowest BCUT2D eigenvalue weighted by Crippen LogP contribution is -2.66. The summed E-state index contributed by atoms with van der Waals surface area (Å²) in [6, 6.07) is 11.1. The van der Waals surface area contributed by atoms with Gasteiger partial charge in [-0.3, -0.25) is 14.5 Å². The lowest BCUT2D eigenvalue weighted by Gasteiger charge is -2.56. The summed E-state index contributed by atoms with van der Waals surface area (Å²) >= 11 is 0. The molecule has 5 heteroatoms. The summed E-state index contributed by atoms with van der Waals surface area (Å²) in [5, 5.41) is 2.99. The molecule has 0 spiro atoms. The molecule has 3 fully saturated rings. The Kier molecular flexibility index (Phi) is 4.98. The van der Waals surface area contributed by atoms with E-state index in [9.17, 15) is 9.59 Å². The maximum Gasteiger partial charge on any atom is 0.223 e. The van der Waals surface area contributed by atoms with Gasteiger partial charge in [-0.25, -0.2) is 0 Å². The van der Waals surface area contributed by atoms with Crippen LogP contribution in [0.2, 0.25) is 0 Å². The molecule has 0 saturated carbocycles. The second-order valence-electron chi connectivity index (χ2n) is 8.20. The van der Waals surface area contributed by atoms with Crippen molar-refractivity contribution in [1.82, 2.24) is 15.1 Å². The molecule has 3 aliphatic heterocycles. The lowest BCUT2D eigenvalue weighted by molar-refractivity contribution is -0.153. The smallest absolute Gasteiger partial charge is 0.223 e. The van der Waals surface area contributed by atoms with Crippen LogP contribution in [0.4, 0.5) is 0 Å². The Morgan fingerprint density at radius 3 is 2.73 bits per heavy atom. The number of hydrogen-bond donors (Lipinski definition) is 1.